The molecule has 1 aliphatic rings. The van der Waals surface area contributed by atoms with Gasteiger partial charge in [0.1, 0.15) is 0 Å². The van der Waals surface area contributed by atoms with Gasteiger partial charge in [-0.3, -0.25) is 4.90 Å². The lowest BCUT2D eigenvalue weighted by atomic mass is 10.1. The van der Waals surface area contributed by atoms with Crippen LogP contribution in [0.1, 0.15) is 40.0 Å². The molecule has 1 unspecified atom stereocenters. The van der Waals surface area contributed by atoms with Crippen molar-refractivity contribution in [2.45, 2.75) is 46.1 Å². The van der Waals surface area contributed by atoms with Crippen molar-refractivity contribution in [3.63, 3.8) is 0 Å². The predicted molar refractivity (Wildman–Crippen MR) is 75.2 cm³/mol. The third kappa shape index (κ3) is 5.36. The smallest absolute Gasteiger partial charge is 0.0112 e. The van der Waals surface area contributed by atoms with Crippen LogP contribution in [0.5, 0.6) is 0 Å². The van der Waals surface area contributed by atoms with Crippen LogP contribution in [0.15, 0.2) is 0 Å². The first-order valence-corrected chi connectivity index (χ1v) is 7.33. The maximum absolute atomic E-state index is 5.63. The molecule has 1 heterocycles. The Hall–Kier alpha value is -0.120. The first kappa shape index (κ1) is 14.9. The molecule has 1 aliphatic heterocycles. The molecule has 0 amide bonds. The number of hydrogen-bond donors (Lipinski definition) is 1. The van der Waals surface area contributed by atoms with Gasteiger partial charge in [-0.15, -0.1) is 0 Å². The molecule has 102 valence electrons. The Bertz CT molecular complexity index is 194. The summed E-state index contributed by atoms with van der Waals surface area (Å²) in [5.41, 5.74) is 5.63. The number of rotatable bonds is 8. The molecular formula is C14H31N3. The lowest BCUT2D eigenvalue weighted by Crippen LogP contribution is -2.38. The van der Waals surface area contributed by atoms with E-state index in [0.29, 0.717) is 6.04 Å². The Morgan fingerprint density at radius 3 is 2.71 bits per heavy atom. The second-order valence-electron chi connectivity index (χ2n) is 5.66. The lowest BCUT2D eigenvalue weighted by molar-refractivity contribution is 0.187. The molecule has 0 aliphatic carbocycles. The van der Waals surface area contributed by atoms with Crippen molar-refractivity contribution in [2.24, 2.45) is 11.7 Å². The zero-order valence-electron chi connectivity index (χ0n) is 12.0. The first-order chi connectivity index (χ1) is 8.17. The number of nitrogens with zero attached hydrogens (tertiary/aromatic N) is 2. The fourth-order valence-electron chi connectivity index (χ4n) is 2.77. The molecular weight excluding hydrogens is 210 g/mol. The molecule has 0 aromatic rings. The third-order valence-corrected chi connectivity index (χ3v) is 3.89. The minimum absolute atomic E-state index is 0.678. The van der Waals surface area contributed by atoms with E-state index in [9.17, 15) is 0 Å². The maximum atomic E-state index is 5.63. The summed E-state index contributed by atoms with van der Waals surface area (Å²) in [4.78, 5) is 5.21. The van der Waals surface area contributed by atoms with Gasteiger partial charge in [-0.1, -0.05) is 6.92 Å². The van der Waals surface area contributed by atoms with Crippen LogP contribution in [-0.2, 0) is 0 Å². The molecule has 0 radical (unpaired) electrons. The van der Waals surface area contributed by atoms with Crippen molar-refractivity contribution in [3.8, 4) is 0 Å². The van der Waals surface area contributed by atoms with Crippen molar-refractivity contribution >= 4 is 0 Å². The van der Waals surface area contributed by atoms with Gasteiger partial charge in [-0.05, 0) is 58.7 Å². The molecule has 0 aromatic heterocycles. The van der Waals surface area contributed by atoms with Crippen LogP contribution in [0.25, 0.3) is 0 Å². The highest BCUT2D eigenvalue weighted by molar-refractivity contribution is 4.77. The van der Waals surface area contributed by atoms with E-state index in [1.807, 2.05) is 0 Å². The zero-order valence-corrected chi connectivity index (χ0v) is 12.0. The van der Waals surface area contributed by atoms with Crippen LogP contribution in [0.2, 0.25) is 0 Å². The maximum Gasteiger partial charge on any atom is 0.0112 e. The highest BCUT2D eigenvalue weighted by atomic mass is 15.2. The summed E-state index contributed by atoms with van der Waals surface area (Å²) in [7, 11) is 0. The Labute approximate surface area is 107 Å². The fraction of sp³-hybridized carbons (Fsp3) is 1.00. The largest absolute Gasteiger partial charge is 0.330 e. The Morgan fingerprint density at radius 2 is 2.12 bits per heavy atom. The quantitative estimate of drug-likeness (QED) is 0.703. The van der Waals surface area contributed by atoms with Gasteiger partial charge in [-0.25, -0.2) is 0 Å². The van der Waals surface area contributed by atoms with Crippen molar-refractivity contribution in [2.75, 3.05) is 39.3 Å². The minimum atomic E-state index is 0.678. The van der Waals surface area contributed by atoms with E-state index < -0.39 is 0 Å². The van der Waals surface area contributed by atoms with E-state index in [0.717, 1.165) is 12.5 Å². The number of likely N-dealkylation sites (tertiary alicyclic amines) is 1. The van der Waals surface area contributed by atoms with Gasteiger partial charge in [-0.2, -0.15) is 0 Å². The molecule has 0 saturated carbocycles. The molecule has 1 fully saturated rings. The van der Waals surface area contributed by atoms with Crippen LogP contribution in [0.3, 0.4) is 0 Å². The lowest BCUT2D eigenvalue weighted by Gasteiger charge is -2.28. The molecule has 3 nitrogen and oxygen atoms in total. The van der Waals surface area contributed by atoms with Gasteiger partial charge < -0.3 is 10.6 Å². The van der Waals surface area contributed by atoms with Gasteiger partial charge in [0.15, 0.2) is 0 Å². The number of hydrogen-bond acceptors (Lipinski definition) is 3. The second kappa shape index (κ2) is 8.06. The van der Waals surface area contributed by atoms with Crippen LogP contribution in [-0.4, -0.2) is 55.1 Å². The minimum Gasteiger partial charge on any atom is -0.330 e. The summed E-state index contributed by atoms with van der Waals surface area (Å²) in [5, 5.41) is 0. The van der Waals surface area contributed by atoms with Gasteiger partial charge in [0.05, 0.1) is 0 Å². The fourth-order valence-corrected chi connectivity index (χ4v) is 2.77. The standard InChI is InChI=1S/C14H31N3/c1-4-8-17(13(2)3)11-10-16-9-6-14(12-16)5-7-15/h13-14H,4-12,15H2,1-3H3. The Morgan fingerprint density at radius 1 is 1.35 bits per heavy atom. The van der Waals surface area contributed by atoms with E-state index in [-0.39, 0.29) is 0 Å². The summed E-state index contributed by atoms with van der Waals surface area (Å²) >= 11 is 0. The van der Waals surface area contributed by atoms with E-state index in [4.69, 9.17) is 5.73 Å². The van der Waals surface area contributed by atoms with E-state index in [1.54, 1.807) is 0 Å². The molecule has 3 heteroatoms. The van der Waals surface area contributed by atoms with Crippen LogP contribution >= 0.6 is 0 Å². The van der Waals surface area contributed by atoms with Crippen LogP contribution in [0, 0.1) is 5.92 Å². The predicted octanol–water partition coefficient (Wildman–Crippen LogP) is 1.78. The molecule has 1 atom stereocenters. The topological polar surface area (TPSA) is 32.5 Å². The third-order valence-electron chi connectivity index (χ3n) is 3.89. The SMILES string of the molecule is CCCN(CCN1CCC(CCN)C1)C(C)C. The summed E-state index contributed by atoms with van der Waals surface area (Å²) < 4.78 is 0. The summed E-state index contributed by atoms with van der Waals surface area (Å²) in [6, 6.07) is 0.678. The molecule has 2 N–H and O–H groups in total. The molecule has 1 rings (SSSR count). The van der Waals surface area contributed by atoms with E-state index in [2.05, 4.69) is 30.6 Å². The summed E-state index contributed by atoms with van der Waals surface area (Å²) in [5.74, 6) is 0.860. The van der Waals surface area contributed by atoms with Gasteiger partial charge in [0.2, 0.25) is 0 Å². The summed E-state index contributed by atoms with van der Waals surface area (Å²) in [6.07, 6.45) is 3.82. The average Bonchev–Trinajstić information content (AvgIpc) is 2.72. The van der Waals surface area contributed by atoms with Crippen molar-refractivity contribution in [1.82, 2.24) is 9.80 Å². The Balaban J connectivity index is 2.21. The van der Waals surface area contributed by atoms with E-state index in [1.165, 1.54) is 52.0 Å². The molecule has 1 saturated heterocycles. The van der Waals surface area contributed by atoms with Crippen LogP contribution < -0.4 is 5.73 Å². The average molecular weight is 241 g/mol. The van der Waals surface area contributed by atoms with Crippen molar-refractivity contribution in [1.29, 1.82) is 0 Å². The van der Waals surface area contributed by atoms with E-state index >= 15 is 0 Å². The van der Waals surface area contributed by atoms with Gasteiger partial charge >= 0.3 is 0 Å². The Kier molecular flexibility index (Phi) is 7.09. The summed E-state index contributed by atoms with van der Waals surface area (Å²) in [6.45, 7) is 14.0. The molecule has 0 aromatic carbocycles. The highest BCUT2D eigenvalue weighted by Crippen LogP contribution is 2.18. The first-order valence-electron chi connectivity index (χ1n) is 7.33. The molecule has 0 spiro atoms. The van der Waals surface area contributed by atoms with Gasteiger partial charge in [0, 0.05) is 25.7 Å². The van der Waals surface area contributed by atoms with Crippen molar-refractivity contribution in [3.05, 3.63) is 0 Å². The normalized spacial score (nSPS) is 21.9. The molecule has 0 bridgehead atoms. The zero-order chi connectivity index (χ0) is 12.7. The van der Waals surface area contributed by atoms with Crippen molar-refractivity contribution < 1.29 is 0 Å². The monoisotopic (exact) mass is 241 g/mol. The van der Waals surface area contributed by atoms with Crippen LogP contribution in [0.4, 0.5) is 0 Å². The number of nitrogens with two attached hydrogens (primary N) is 1. The second-order valence-corrected chi connectivity index (χ2v) is 5.66. The molecule has 17 heavy (non-hydrogen) atoms. The van der Waals surface area contributed by atoms with Gasteiger partial charge in [0.25, 0.3) is 0 Å². The highest BCUT2D eigenvalue weighted by Gasteiger charge is 2.22.